The largest absolute Gasteiger partial charge is 0.313 e. The lowest BCUT2D eigenvalue weighted by Gasteiger charge is -2.13. The molecule has 1 aromatic rings. The Kier molecular flexibility index (Phi) is 6.60. The molecule has 1 nitrogen and oxygen atoms in total. The third kappa shape index (κ3) is 3.69. The zero-order valence-electron chi connectivity index (χ0n) is 9.69. The second-order valence-corrected chi connectivity index (χ2v) is 3.45. The van der Waals surface area contributed by atoms with Crippen LogP contribution in [0.25, 0.3) is 0 Å². The summed E-state index contributed by atoms with van der Waals surface area (Å²) in [6.45, 7) is 8.21. The van der Waals surface area contributed by atoms with E-state index in [9.17, 15) is 0 Å². The van der Waals surface area contributed by atoms with Crippen molar-refractivity contribution in [2.24, 2.45) is 0 Å². The van der Waals surface area contributed by atoms with E-state index in [0.717, 1.165) is 5.02 Å². The fraction of sp³-hybridized carbons (Fsp3) is 0.500. The highest BCUT2D eigenvalue weighted by molar-refractivity contribution is 6.30. The van der Waals surface area contributed by atoms with Crippen molar-refractivity contribution in [3.63, 3.8) is 0 Å². The number of aryl methyl sites for hydroxylation is 1. The molecular weight excluding hydrogens is 194 g/mol. The summed E-state index contributed by atoms with van der Waals surface area (Å²) in [6.07, 6.45) is 0. The van der Waals surface area contributed by atoms with Crippen molar-refractivity contribution in [2.45, 2.75) is 33.7 Å². The first kappa shape index (κ1) is 13.5. The van der Waals surface area contributed by atoms with E-state index >= 15 is 0 Å². The minimum absolute atomic E-state index is 0.391. The predicted molar refractivity (Wildman–Crippen MR) is 65.0 cm³/mol. The standard InChI is InChI=1S/C10H14ClN.C2H6/c1-7-6-9(11)4-5-10(7)8(2)12-3;1-2/h4-6,8,12H,1-3H3;1-2H3. The molecule has 14 heavy (non-hydrogen) atoms. The van der Waals surface area contributed by atoms with Gasteiger partial charge in [-0.3, -0.25) is 0 Å². The molecule has 0 radical (unpaired) electrons. The molecule has 0 saturated carbocycles. The van der Waals surface area contributed by atoms with E-state index in [0.29, 0.717) is 6.04 Å². The van der Waals surface area contributed by atoms with Crippen molar-refractivity contribution in [1.29, 1.82) is 0 Å². The lowest BCUT2D eigenvalue weighted by molar-refractivity contribution is 0.648. The zero-order valence-corrected chi connectivity index (χ0v) is 10.4. The van der Waals surface area contributed by atoms with E-state index in [1.807, 2.05) is 33.0 Å². The van der Waals surface area contributed by atoms with Gasteiger partial charge in [-0.1, -0.05) is 31.5 Å². The topological polar surface area (TPSA) is 12.0 Å². The van der Waals surface area contributed by atoms with Crippen LogP contribution in [0.2, 0.25) is 5.02 Å². The van der Waals surface area contributed by atoms with Crippen molar-refractivity contribution in [1.82, 2.24) is 5.32 Å². The van der Waals surface area contributed by atoms with Crippen LogP contribution in [-0.2, 0) is 0 Å². The van der Waals surface area contributed by atoms with Crippen LogP contribution in [0.3, 0.4) is 0 Å². The minimum atomic E-state index is 0.391. The fourth-order valence-corrected chi connectivity index (χ4v) is 1.51. The summed E-state index contributed by atoms with van der Waals surface area (Å²) in [5.41, 5.74) is 2.55. The number of halogens is 1. The Morgan fingerprint density at radius 1 is 1.29 bits per heavy atom. The van der Waals surface area contributed by atoms with Gasteiger partial charge in [0.1, 0.15) is 0 Å². The van der Waals surface area contributed by atoms with Gasteiger partial charge in [0.15, 0.2) is 0 Å². The van der Waals surface area contributed by atoms with Crippen molar-refractivity contribution in [2.75, 3.05) is 7.05 Å². The molecule has 1 rings (SSSR count). The van der Waals surface area contributed by atoms with Gasteiger partial charge >= 0.3 is 0 Å². The van der Waals surface area contributed by atoms with Crippen LogP contribution in [-0.4, -0.2) is 7.05 Å². The zero-order chi connectivity index (χ0) is 11.1. The van der Waals surface area contributed by atoms with Crippen molar-refractivity contribution in [3.05, 3.63) is 34.3 Å². The van der Waals surface area contributed by atoms with Crippen molar-refractivity contribution in [3.8, 4) is 0 Å². The Morgan fingerprint density at radius 2 is 1.86 bits per heavy atom. The van der Waals surface area contributed by atoms with E-state index in [2.05, 4.69) is 25.2 Å². The molecule has 1 unspecified atom stereocenters. The second kappa shape index (κ2) is 6.86. The third-order valence-corrected chi connectivity index (χ3v) is 2.37. The van der Waals surface area contributed by atoms with Gasteiger partial charge in [-0.25, -0.2) is 0 Å². The van der Waals surface area contributed by atoms with Gasteiger partial charge in [-0.15, -0.1) is 0 Å². The number of hydrogen-bond donors (Lipinski definition) is 1. The van der Waals surface area contributed by atoms with Crippen LogP contribution >= 0.6 is 11.6 Å². The SMILES string of the molecule is CC.CNC(C)c1ccc(Cl)cc1C. The smallest absolute Gasteiger partial charge is 0.0408 e. The van der Waals surface area contributed by atoms with Crippen LogP contribution in [0.5, 0.6) is 0 Å². The normalized spacial score (nSPS) is 11.6. The van der Waals surface area contributed by atoms with Crippen molar-refractivity contribution < 1.29 is 0 Å². The number of rotatable bonds is 2. The quantitative estimate of drug-likeness (QED) is 0.785. The van der Waals surface area contributed by atoms with Gasteiger partial charge in [0.2, 0.25) is 0 Å². The molecule has 0 aliphatic rings. The Balaban J connectivity index is 0.000000791. The van der Waals surface area contributed by atoms with Gasteiger partial charge in [0.25, 0.3) is 0 Å². The van der Waals surface area contributed by atoms with Crippen LogP contribution < -0.4 is 5.32 Å². The molecule has 0 aliphatic carbocycles. The maximum Gasteiger partial charge on any atom is 0.0408 e. The Bertz CT molecular complexity index is 271. The summed E-state index contributed by atoms with van der Waals surface area (Å²) in [6, 6.07) is 6.38. The molecule has 0 aliphatic heterocycles. The highest BCUT2D eigenvalue weighted by Gasteiger charge is 2.05. The molecular formula is C12H20ClN. The van der Waals surface area contributed by atoms with Gasteiger partial charge in [-0.2, -0.15) is 0 Å². The molecule has 0 fully saturated rings. The molecule has 0 heterocycles. The highest BCUT2D eigenvalue weighted by atomic mass is 35.5. The summed E-state index contributed by atoms with van der Waals surface area (Å²) in [5, 5.41) is 4.00. The van der Waals surface area contributed by atoms with E-state index in [4.69, 9.17) is 11.6 Å². The average Bonchev–Trinajstić information content (AvgIpc) is 2.20. The van der Waals surface area contributed by atoms with E-state index in [1.165, 1.54) is 11.1 Å². The molecule has 0 aromatic heterocycles. The summed E-state index contributed by atoms with van der Waals surface area (Å²) >= 11 is 5.84. The second-order valence-electron chi connectivity index (χ2n) is 3.01. The number of hydrogen-bond acceptors (Lipinski definition) is 1. The van der Waals surface area contributed by atoms with Gasteiger partial charge in [0.05, 0.1) is 0 Å². The Hall–Kier alpha value is -0.530. The Labute approximate surface area is 92.5 Å². The summed E-state index contributed by atoms with van der Waals surface area (Å²) in [7, 11) is 1.96. The highest BCUT2D eigenvalue weighted by Crippen LogP contribution is 2.20. The first-order valence-electron chi connectivity index (χ1n) is 5.08. The van der Waals surface area contributed by atoms with Gasteiger partial charge in [0, 0.05) is 11.1 Å². The maximum absolute atomic E-state index is 5.84. The lowest BCUT2D eigenvalue weighted by Crippen LogP contribution is -2.13. The molecule has 1 aromatic carbocycles. The van der Waals surface area contributed by atoms with Crippen LogP contribution in [0.4, 0.5) is 0 Å². The number of nitrogens with one attached hydrogen (secondary N) is 1. The molecule has 1 N–H and O–H groups in total. The molecule has 1 atom stereocenters. The first-order valence-corrected chi connectivity index (χ1v) is 5.46. The summed E-state index contributed by atoms with van der Waals surface area (Å²) in [4.78, 5) is 0. The molecule has 0 saturated heterocycles. The summed E-state index contributed by atoms with van der Waals surface area (Å²) < 4.78 is 0. The number of benzene rings is 1. The average molecular weight is 214 g/mol. The van der Waals surface area contributed by atoms with E-state index < -0.39 is 0 Å². The summed E-state index contributed by atoms with van der Waals surface area (Å²) in [5.74, 6) is 0. The molecule has 0 bridgehead atoms. The van der Waals surface area contributed by atoms with Crippen LogP contribution in [0.15, 0.2) is 18.2 Å². The van der Waals surface area contributed by atoms with E-state index in [-0.39, 0.29) is 0 Å². The molecule has 0 amide bonds. The van der Waals surface area contributed by atoms with Gasteiger partial charge < -0.3 is 5.32 Å². The Morgan fingerprint density at radius 3 is 2.29 bits per heavy atom. The predicted octanol–water partition coefficient (Wildman–Crippen LogP) is 3.96. The maximum atomic E-state index is 5.84. The van der Waals surface area contributed by atoms with Crippen LogP contribution in [0, 0.1) is 6.92 Å². The minimum Gasteiger partial charge on any atom is -0.313 e. The van der Waals surface area contributed by atoms with Crippen LogP contribution in [0.1, 0.15) is 37.9 Å². The lowest BCUT2D eigenvalue weighted by atomic mass is 10.0. The monoisotopic (exact) mass is 213 g/mol. The first-order chi connectivity index (χ1) is 6.65. The van der Waals surface area contributed by atoms with Crippen molar-refractivity contribution >= 4 is 11.6 Å². The molecule has 0 spiro atoms. The molecule has 80 valence electrons. The third-order valence-electron chi connectivity index (χ3n) is 2.13. The van der Waals surface area contributed by atoms with E-state index in [1.54, 1.807) is 0 Å². The fourth-order valence-electron chi connectivity index (χ4n) is 1.28. The van der Waals surface area contributed by atoms with Gasteiger partial charge in [-0.05, 0) is 44.2 Å². The molecule has 2 heteroatoms.